The van der Waals surface area contributed by atoms with E-state index in [0.29, 0.717) is 37.8 Å². The van der Waals surface area contributed by atoms with E-state index in [0.717, 1.165) is 12.1 Å². The normalized spacial score (nSPS) is 29.4. The van der Waals surface area contributed by atoms with Gasteiger partial charge in [-0.3, -0.25) is 14.4 Å². The summed E-state index contributed by atoms with van der Waals surface area (Å²) in [6, 6.07) is 0. The van der Waals surface area contributed by atoms with Gasteiger partial charge in [0.25, 0.3) is 0 Å². The molecule has 0 amide bonds. The molecule has 0 saturated heterocycles. The van der Waals surface area contributed by atoms with Crippen LogP contribution >= 0.6 is 0 Å². The molecule has 22 heavy (non-hydrogen) atoms. The number of hydrogen-bond donors (Lipinski definition) is 1. The third kappa shape index (κ3) is 2.33. The zero-order chi connectivity index (χ0) is 16.3. The standard InChI is InChI=1S/C18H25NO3/c1-16(2)6-12-11(13(20)7-16)5-18(10-19-12)14(21)8-17(3,4)9-15(18)22/h19H,5-10H2,1-4H3. The molecular formula is C18H25NO3. The van der Waals surface area contributed by atoms with Gasteiger partial charge in [0, 0.05) is 37.1 Å². The Kier molecular flexibility index (Phi) is 3.18. The highest BCUT2D eigenvalue weighted by Crippen LogP contribution is 2.48. The van der Waals surface area contributed by atoms with Crippen LogP contribution in [0.4, 0.5) is 0 Å². The van der Waals surface area contributed by atoms with Crippen LogP contribution in [0.25, 0.3) is 0 Å². The molecule has 0 bridgehead atoms. The van der Waals surface area contributed by atoms with Gasteiger partial charge >= 0.3 is 0 Å². The van der Waals surface area contributed by atoms with Crippen molar-refractivity contribution in [2.75, 3.05) is 6.54 Å². The molecule has 4 heteroatoms. The highest BCUT2D eigenvalue weighted by atomic mass is 16.2. The third-order valence-electron chi connectivity index (χ3n) is 5.42. The van der Waals surface area contributed by atoms with E-state index in [1.165, 1.54) is 0 Å². The first-order chi connectivity index (χ1) is 10.0. The Morgan fingerprint density at radius 1 is 0.773 bits per heavy atom. The Hall–Kier alpha value is -1.45. The number of carbonyl (C=O) groups is 3. The van der Waals surface area contributed by atoms with Gasteiger partial charge in [0.05, 0.1) is 0 Å². The van der Waals surface area contributed by atoms with Crippen LogP contribution in [-0.4, -0.2) is 23.9 Å². The van der Waals surface area contributed by atoms with Crippen molar-refractivity contribution in [2.24, 2.45) is 16.2 Å². The number of Topliss-reactive ketones (excluding diaryl/α,β-unsaturated/α-hetero) is 3. The second kappa shape index (κ2) is 4.53. The van der Waals surface area contributed by atoms with E-state index in [1.807, 2.05) is 13.8 Å². The minimum atomic E-state index is -0.995. The summed E-state index contributed by atoms with van der Waals surface area (Å²) in [7, 11) is 0. The maximum atomic E-state index is 12.7. The van der Waals surface area contributed by atoms with E-state index >= 15 is 0 Å². The van der Waals surface area contributed by atoms with Gasteiger partial charge in [0.15, 0.2) is 5.78 Å². The van der Waals surface area contributed by atoms with Crippen LogP contribution in [-0.2, 0) is 14.4 Å². The minimum Gasteiger partial charge on any atom is -0.387 e. The van der Waals surface area contributed by atoms with Gasteiger partial charge in [0.2, 0.25) is 0 Å². The molecule has 4 nitrogen and oxygen atoms in total. The van der Waals surface area contributed by atoms with Crippen molar-refractivity contribution in [1.29, 1.82) is 0 Å². The minimum absolute atomic E-state index is 0.00503. The molecule has 1 N–H and O–H groups in total. The van der Waals surface area contributed by atoms with Crippen molar-refractivity contribution < 1.29 is 14.4 Å². The highest BCUT2D eigenvalue weighted by molar-refractivity contribution is 6.12. The summed E-state index contributed by atoms with van der Waals surface area (Å²) < 4.78 is 0. The smallest absolute Gasteiger partial charge is 0.161 e. The molecule has 1 aliphatic heterocycles. The van der Waals surface area contributed by atoms with E-state index in [2.05, 4.69) is 19.2 Å². The van der Waals surface area contributed by atoms with Crippen molar-refractivity contribution >= 4 is 17.3 Å². The fraction of sp³-hybridized carbons (Fsp3) is 0.722. The van der Waals surface area contributed by atoms with Crippen LogP contribution in [0.1, 0.15) is 59.8 Å². The molecule has 120 valence electrons. The first-order valence-corrected chi connectivity index (χ1v) is 8.11. The summed E-state index contributed by atoms with van der Waals surface area (Å²) in [5.74, 6) is 0.110. The largest absolute Gasteiger partial charge is 0.387 e. The molecule has 0 aromatic carbocycles. The first-order valence-electron chi connectivity index (χ1n) is 8.11. The quantitative estimate of drug-likeness (QED) is 0.699. The fourth-order valence-electron chi connectivity index (χ4n) is 4.17. The topological polar surface area (TPSA) is 63.2 Å². The van der Waals surface area contributed by atoms with Gasteiger partial charge in [-0.05, 0) is 23.7 Å². The Labute approximate surface area is 131 Å². The van der Waals surface area contributed by atoms with Crippen LogP contribution in [0.5, 0.6) is 0 Å². The lowest BCUT2D eigenvalue weighted by molar-refractivity contribution is -0.148. The van der Waals surface area contributed by atoms with Gasteiger partial charge in [0.1, 0.15) is 17.0 Å². The van der Waals surface area contributed by atoms with Gasteiger partial charge in [-0.2, -0.15) is 0 Å². The summed E-state index contributed by atoms with van der Waals surface area (Å²) in [5, 5.41) is 3.27. The predicted molar refractivity (Wildman–Crippen MR) is 83.1 cm³/mol. The summed E-state index contributed by atoms with van der Waals surface area (Å²) >= 11 is 0. The van der Waals surface area contributed by atoms with Crippen LogP contribution in [0.3, 0.4) is 0 Å². The average molecular weight is 303 g/mol. The fourth-order valence-corrected chi connectivity index (χ4v) is 4.17. The van der Waals surface area contributed by atoms with Gasteiger partial charge in [-0.15, -0.1) is 0 Å². The molecule has 2 aliphatic carbocycles. The van der Waals surface area contributed by atoms with E-state index in [-0.39, 0.29) is 28.2 Å². The monoisotopic (exact) mass is 303 g/mol. The van der Waals surface area contributed by atoms with Crippen LogP contribution < -0.4 is 5.32 Å². The molecule has 0 radical (unpaired) electrons. The molecule has 1 spiro atoms. The first kappa shape index (κ1) is 15.4. The lowest BCUT2D eigenvalue weighted by Crippen LogP contribution is -2.56. The van der Waals surface area contributed by atoms with E-state index in [4.69, 9.17) is 0 Å². The number of carbonyl (C=O) groups excluding carboxylic acids is 3. The van der Waals surface area contributed by atoms with Gasteiger partial charge < -0.3 is 5.32 Å². The molecule has 0 atom stereocenters. The lowest BCUT2D eigenvalue weighted by Gasteiger charge is -2.46. The maximum absolute atomic E-state index is 12.7. The zero-order valence-electron chi connectivity index (χ0n) is 14.0. The summed E-state index contributed by atoms with van der Waals surface area (Å²) in [6.07, 6.45) is 2.47. The van der Waals surface area contributed by atoms with Crippen molar-refractivity contribution in [1.82, 2.24) is 5.32 Å². The van der Waals surface area contributed by atoms with Crippen molar-refractivity contribution in [3.05, 3.63) is 11.3 Å². The van der Waals surface area contributed by atoms with Crippen LogP contribution in [0, 0.1) is 16.2 Å². The summed E-state index contributed by atoms with van der Waals surface area (Å²) in [5.41, 5.74) is 0.359. The van der Waals surface area contributed by atoms with E-state index in [9.17, 15) is 14.4 Å². The van der Waals surface area contributed by atoms with Crippen LogP contribution in [0.15, 0.2) is 11.3 Å². The molecule has 1 fully saturated rings. The molecule has 0 aromatic rings. The Bertz CT molecular complexity index is 590. The summed E-state index contributed by atoms with van der Waals surface area (Å²) in [4.78, 5) is 37.9. The van der Waals surface area contributed by atoms with Crippen molar-refractivity contribution in [2.45, 2.75) is 59.8 Å². The number of allylic oxidation sites excluding steroid dienone is 2. The van der Waals surface area contributed by atoms with Crippen molar-refractivity contribution in [3.8, 4) is 0 Å². The predicted octanol–water partition coefficient (Wildman–Crippen LogP) is 2.57. The average Bonchev–Trinajstić information content (AvgIpc) is 2.34. The molecule has 0 unspecified atom stereocenters. The summed E-state index contributed by atoms with van der Waals surface area (Å²) in [6.45, 7) is 8.46. The molecule has 1 heterocycles. The maximum Gasteiger partial charge on any atom is 0.161 e. The highest BCUT2D eigenvalue weighted by Gasteiger charge is 2.54. The second-order valence-corrected chi connectivity index (χ2v) is 8.87. The number of nitrogens with one attached hydrogen (secondary N) is 1. The molecule has 1 saturated carbocycles. The number of hydrogen-bond acceptors (Lipinski definition) is 4. The Morgan fingerprint density at radius 2 is 1.32 bits per heavy atom. The second-order valence-electron chi connectivity index (χ2n) is 8.87. The third-order valence-corrected chi connectivity index (χ3v) is 5.42. The van der Waals surface area contributed by atoms with Gasteiger partial charge in [-0.25, -0.2) is 0 Å². The van der Waals surface area contributed by atoms with E-state index < -0.39 is 5.41 Å². The number of ketones is 3. The van der Waals surface area contributed by atoms with Crippen molar-refractivity contribution in [3.63, 3.8) is 0 Å². The Balaban J connectivity index is 1.95. The molecule has 3 rings (SSSR count). The van der Waals surface area contributed by atoms with Gasteiger partial charge in [-0.1, -0.05) is 27.7 Å². The number of rotatable bonds is 0. The van der Waals surface area contributed by atoms with E-state index in [1.54, 1.807) is 0 Å². The SMILES string of the molecule is CC1(C)CC(=O)C2(CNC3=C(C2)C(=O)CC(C)(C)C3)C(=O)C1. The molecule has 3 aliphatic rings. The molecular weight excluding hydrogens is 278 g/mol. The Morgan fingerprint density at radius 3 is 1.91 bits per heavy atom. The lowest BCUT2D eigenvalue weighted by atomic mass is 9.58. The zero-order valence-corrected chi connectivity index (χ0v) is 14.0. The van der Waals surface area contributed by atoms with Crippen LogP contribution in [0.2, 0.25) is 0 Å². The molecule has 0 aromatic heterocycles.